The summed E-state index contributed by atoms with van der Waals surface area (Å²) in [5.74, 6) is -0.761. The number of hydrogen-bond acceptors (Lipinski definition) is 6. The Morgan fingerprint density at radius 3 is 2.26 bits per heavy atom. The second kappa shape index (κ2) is 8.53. The van der Waals surface area contributed by atoms with E-state index in [2.05, 4.69) is 4.98 Å². The zero-order valence-electron chi connectivity index (χ0n) is 16.0. The van der Waals surface area contributed by atoms with E-state index < -0.39 is 23.8 Å². The van der Waals surface area contributed by atoms with Gasteiger partial charge in [0.2, 0.25) is 5.78 Å². The number of hydrogen-bond donors (Lipinski definition) is 1. The molecule has 0 radical (unpaired) electrons. The summed E-state index contributed by atoms with van der Waals surface area (Å²) in [6.45, 7) is 4.83. The van der Waals surface area contributed by atoms with Crippen LogP contribution in [0.25, 0.3) is 0 Å². The number of esters is 2. The van der Waals surface area contributed by atoms with Crippen LogP contribution < -0.4 is 4.74 Å². The quantitative estimate of drug-likeness (QED) is 0.592. The van der Waals surface area contributed by atoms with E-state index in [0.717, 1.165) is 5.56 Å². The monoisotopic (exact) mass is 373 g/mol. The van der Waals surface area contributed by atoms with E-state index in [1.165, 1.54) is 14.0 Å². The highest BCUT2D eigenvalue weighted by molar-refractivity contribution is 6.04. The molecule has 0 unspecified atom stereocenters. The Bertz CT molecular complexity index is 850. The van der Waals surface area contributed by atoms with Crippen LogP contribution in [0.4, 0.5) is 0 Å². The molecule has 1 heterocycles. The van der Waals surface area contributed by atoms with Crippen LogP contribution in [0.1, 0.15) is 44.6 Å². The molecule has 1 aromatic heterocycles. The van der Waals surface area contributed by atoms with E-state index in [0.29, 0.717) is 22.6 Å². The molecule has 2 rings (SSSR count). The van der Waals surface area contributed by atoms with Gasteiger partial charge in [0.1, 0.15) is 5.75 Å². The van der Waals surface area contributed by atoms with Crippen molar-refractivity contribution < 1.29 is 28.6 Å². The maximum absolute atomic E-state index is 12.6. The molecule has 0 amide bonds. The summed E-state index contributed by atoms with van der Waals surface area (Å²) in [5.41, 5.74) is 2.30. The smallest absolute Gasteiger partial charge is 0.339 e. The Balaban J connectivity index is 2.06. The highest BCUT2D eigenvalue weighted by atomic mass is 16.5. The number of Topliss-reactive ketones (excluding diaryl/α,β-unsaturated/α-hetero) is 1. The molecule has 27 heavy (non-hydrogen) atoms. The van der Waals surface area contributed by atoms with Gasteiger partial charge in [0, 0.05) is 5.69 Å². The molecule has 0 saturated carbocycles. The molecule has 1 atom stereocenters. The number of methoxy groups -OCH3 is 2. The molecule has 1 aromatic carbocycles. The number of aromatic amines is 1. The molecule has 0 saturated heterocycles. The molecule has 0 aliphatic rings. The Hall–Kier alpha value is -3.09. The first kappa shape index (κ1) is 20.2. The van der Waals surface area contributed by atoms with Crippen molar-refractivity contribution in [3.63, 3.8) is 0 Å². The lowest BCUT2D eigenvalue weighted by Gasteiger charge is -2.12. The lowest BCUT2D eigenvalue weighted by Crippen LogP contribution is -2.26. The van der Waals surface area contributed by atoms with Crippen molar-refractivity contribution >= 4 is 17.7 Å². The summed E-state index contributed by atoms with van der Waals surface area (Å²) in [6.07, 6.45) is -0.949. The van der Waals surface area contributed by atoms with Crippen LogP contribution in [0.2, 0.25) is 0 Å². The normalized spacial score (nSPS) is 11.6. The summed E-state index contributed by atoms with van der Waals surface area (Å²) < 4.78 is 15.1. The average Bonchev–Trinajstić information content (AvgIpc) is 2.95. The number of ketones is 1. The summed E-state index contributed by atoms with van der Waals surface area (Å²) in [5, 5.41) is 0. The van der Waals surface area contributed by atoms with Crippen LogP contribution >= 0.6 is 0 Å². The topological polar surface area (TPSA) is 94.7 Å². The zero-order valence-corrected chi connectivity index (χ0v) is 16.0. The Morgan fingerprint density at radius 2 is 1.70 bits per heavy atom. The molecule has 7 nitrogen and oxygen atoms in total. The van der Waals surface area contributed by atoms with E-state index in [1.54, 1.807) is 45.2 Å². The number of carbonyl (C=O) groups is 3. The van der Waals surface area contributed by atoms with Gasteiger partial charge in [-0.2, -0.15) is 0 Å². The molecular weight excluding hydrogens is 350 g/mol. The molecule has 0 spiro atoms. The third-order valence-electron chi connectivity index (χ3n) is 4.26. The third-order valence-corrected chi connectivity index (χ3v) is 4.26. The van der Waals surface area contributed by atoms with Crippen molar-refractivity contribution in [2.45, 2.75) is 33.3 Å². The summed E-state index contributed by atoms with van der Waals surface area (Å²) >= 11 is 0. The first-order valence-electron chi connectivity index (χ1n) is 8.42. The highest BCUT2D eigenvalue weighted by Gasteiger charge is 2.27. The number of carbonyl (C=O) groups excluding carboxylic acids is 3. The molecule has 0 fully saturated rings. The molecule has 2 aromatic rings. The molecule has 0 bridgehead atoms. The van der Waals surface area contributed by atoms with E-state index in [-0.39, 0.29) is 12.1 Å². The van der Waals surface area contributed by atoms with Crippen molar-refractivity contribution in [2.24, 2.45) is 0 Å². The summed E-state index contributed by atoms with van der Waals surface area (Å²) in [4.78, 5) is 39.5. The van der Waals surface area contributed by atoms with Gasteiger partial charge in [0.15, 0.2) is 6.10 Å². The van der Waals surface area contributed by atoms with Crippen molar-refractivity contribution in [3.8, 4) is 5.75 Å². The highest BCUT2D eigenvalue weighted by Crippen LogP contribution is 2.21. The summed E-state index contributed by atoms with van der Waals surface area (Å²) in [6, 6.07) is 7.01. The molecule has 1 N–H and O–H groups in total. The largest absolute Gasteiger partial charge is 0.497 e. The van der Waals surface area contributed by atoms with E-state index in [9.17, 15) is 14.4 Å². The molecule has 144 valence electrons. The lowest BCUT2D eigenvalue weighted by atomic mass is 10.1. The molecule has 7 heteroatoms. The van der Waals surface area contributed by atoms with E-state index in [1.807, 2.05) is 0 Å². The van der Waals surface area contributed by atoms with Gasteiger partial charge < -0.3 is 19.2 Å². The van der Waals surface area contributed by atoms with Crippen LogP contribution in [0.3, 0.4) is 0 Å². The van der Waals surface area contributed by atoms with Gasteiger partial charge in [-0.15, -0.1) is 0 Å². The SMILES string of the molecule is COC(=O)c1c(C)[nH]c(C(=O)[C@@H](C)OC(=O)Cc2ccc(OC)cc2)c1C. The van der Waals surface area contributed by atoms with Gasteiger partial charge in [-0.05, 0) is 44.0 Å². The van der Waals surface area contributed by atoms with Gasteiger partial charge in [-0.3, -0.25) is 9.59 Å². The van der Waals surface area contributed by atoms with Crippen LogP contribution in [0, 0.1) is 13.8 Å². The number of aryl methyl sites for hydroxylation is 1. The Labute approximate surface area is 157 Å². The van der Waals surface area contributed by atoms with Crippen molar-refractivity contribution in [3.05, 3.63) is 52.3 Å². The fourth-order valence-corrected chi connectivity index (χ4v) is 2.81. The van der Waals surface area contributed by atoms with Crippen LogP contribution in [-0.2, 0) is 20.7 Å². The Morgan fingerprint density at radius 1 is 1.07 bits per heavy atom. The van der Waals surface area contributed by atoms with Crippen molar-refractivity contribution in [2.75, 3.05) is 14.2 Å². The maximum atomic E-state index is 12.6. The fourth-order valence-electron chi connectivity index (χ4n) is 2.81. The number of ether oxygens (including phenoxy) is 3. The predicted octanol–water partition coefficient (Wildman–Crippen LogP) is 2.78. The Kier molecular flexibility index (Phi) is 6.39. The number of aromatic nitrogens is 1. The summed E-state index contributed by atoms with van der Waals surface area (Å²) in [7, 11) is 2.84. The van der Waals surface area contributed by atoms with E-state index in [4.69, 9.17) is 14.2 Å². The fraction of sp³-hybridized carbons (Fsp3) is 0.350. The van der Waals surface area contributed by atoms with Crippen LogP contribution in [-0.4, -0.2) is 43.0 Å². The lowest BCUT2D eigenvalue weighted by molar-refractivity contribution is -0.145. The van der Waals surface area contributed by atoms with Gasteiger partial charge in [0.05, 0.1) is 31.9 Å². The standard InChI is InChI=1S/C20H23NO6/c1-11-17(20(24)26-5)12(2)21-18(11)19(23)13(3)27-16(22)10-14-6-8-15(25-4)9-7-14/h6-9,13,21H,10H2,1-5H3/t13-/m1/s1. The molecule has 0 aliphatic carbocycles. The van der Waals surface area contributed by atoms with E-state index >= 15 is 0 Å². The molecule has 0 aliphatic heterocycles. The first-order chi connectivity index (χ1) is 12.8. The van der Waals surface area contributed by atoms with Crippen molar-refractivity contribution in [1.82, 2.24) is 4.98 Å². The third kappa shape index (κ3) is 4.55. The van der Waals surface area contributed by atoms with Crippen molar-refractivity contribution in [1.29, 1.82) is 0 Å². The molecular formula is C20H23NO6. The predicted molar refractivity (Wildman–Crippen MR) is 98.2 cm³/mol. The minimum atomic E-state index is -0.988. The van der Waals surface area contributed by atoms with Crippen LogP contribution in [0.15, 0.2) is 24.3 Å². The second-order valence-electron chi connectivity index (χ2n) is 6.14. The number of nitrogens with one attached hydrogen (secondary N) is 1. The number of rotatable bonds is 7. The zero-order chi connectivity index (χ0) is 20.1. The second-order valence-corrected chi connectivity index (χ2v) is 6.14. The number of H-pyrrole nitrogens is 1. The number of benzene rings is 1. The minimum Gasteiger partial charge on any atom is -0.497 e. The average molecular weight is 373 g/mol. The van der Waals surface area contributed by atoms with Gasteiger partial charge in [-0.1, -0.05) is 12.1 Å². The maximum Gasteiger partial charge on any atom is 0.339 e. The first-order valence-corrected chi connectivity index (χ1v) is 8.42. The van der Waals surface area contributed by atoms with Gasteiger partial charge in [-0.25, -0.2) is 4.79 Å². The van der Waals surface area contributed by atoms with Crippen LogP contribution in [0.5, 0.6) is 5.75 Å². The van der Waals surface area contributed by atoms with Gasteiger partial charge >= 0.3 is 11.9 Å². The minimum absolute atomic E-state index is 0.0394. The van der Waals surface area contributed by atoms with Gasteiger partial charge in [0.25, 0.3) is 0 Å².